The molecule has 2 rings (SSSR count). The average molecular weight is 238 g/mol. The molecule has 0 radical (unpaired) electrons. The van der Waals surface area contributed by atoms with Crippen LogP contribution in [0.15, 0.2) is 12.1 Å². The molecule has 0 bridgehead atoms. The second-order valence-electron chi connectivity index (χ2n) is 4.68. The SMILES string of the molecule is CC1(C)OCc2cc(CO)c(CO)cc2CO1. The van der Waals surface area contributed by atoms with Crippen LogP contribution < -0.4 is 0 Å². The highest BCUT2D eigenvalue weighted by atomic mass is 16.7. The maximum absolute atomic E-state index is 9.24. The second kappa shape index (κ2) is 4.74. The van der Waals surface area contributed by atoms with E-state index in [1.165, 1.54) is 0 Å². The van der Waals surface area contributed by atoms with Crippen molar-refractivity contribution < 1.29 is 19.7 Å². The van der Waals surface area contributed by atoms with Crippen molar-refractivity contribution in [2.75, 3.05) is 0 Å². The van der Waals surface area contributed by atoms with Gasteiger partial charge in [0.05, 0.1) is 26.4 Å². The third kappa shape index (κ3) is 2.66. The molecular formula is C13H18O4. The fourth-order valence-corrected chi connectivity index (χ4v) is 1.90. The Hall–Kier alpha value is -0.940. The van der Waals surface area contributed by atoms with Gasteiger partial charge in [0.15, 0.2) is 5.79 Å². The summed E-state index contributed by atoms with van der Waals surface area (Å²) in [6, 6.07) is 3.76. The quantitative estimate of drug-likeness (QED) is 0.818. The summed E-state index contributed by atoms with van der Waals surface area (Å²) in [5.74, 6) is -0.599. The Kier molecular flexibility index (Phi) is 3.49. The molecule has 0 unspecified atom stereocenters. The summed E-state index contributed by atoms with van der Waals surface area (Å²) >= 11 is 0. The van der Waals surface area contributed by atoms with E-state index in [2.05, 4.69) is 0 Å². The van der Waals surface area contributed by atoms with Gasteiger partial charge in [-0.15, -0.1) is 0 Å². The molecule has 4 nitrogen and oxygen atoms in total. The zero-order valence-corrected chi connectivity index (χ0v) is 10.2. The van der Waals surface area contributed by atoms with Crippen LogP contribution in [0.1, 0.15) is 36.1 Å². The summed E-state index contributed by atoms with van der Waals surface area (Å²) in [6.07, 6.45) is 0. The molecule has 0 saturated carbocycles. The van der Waals surface area contributed by atoms with Gasteiger partial charge in [-0.05, 0) is 36.1 Å². The van der Waals surface area contributed by atoms with Gasteiger partial charge in [0.1, 0.15) is 0 Å². The number of fused-ring (bicyclic) bond motifs is 1. The minimum absolute atomic E-state index is 0.0760. The molecule has 1 aromatic rings. The van der Waals surface area contributed by atoms with Crippen molar-refractivity contribution in [1.82, 2.24) is 0 Å². The number of benzene rings is 1. The molecule has 94 valence electrons. The Balaban J connectivity index is 2.37. The average Bonchev–Trinajstić information content (AvgIpc) is 2.47. The molecule has 17 heavy (non-hydrogen) atoms. The highest BCUT2D eigenvalue weighted by Crippen LogP contribution is 2.27. The summed E-state index contributed by atoms with van der Waals surface area (Å²) in [5.41, 5.74) is 3.51. The molecule has 4 heteroatoms. The van der Waals surface area contributed by atoms with Crippen molar-refractivity contribution in [1.29, 1.82) is 0 Å². The van der Waals surface area contributed by atoms with E-state index in [4.69, 9.17) is 9.47 Å². The maximum Gasteiger partial charge on any atom is 0.163 e. The van der Waals surface area contributed by atoms with Crippen LogP contribution in [-0.4, -0.2) is 16.0 Å². The van der Waals surface area contributed by atoms with Crippen molar-refractivity contribution >= 4 is 0 Å². The second-order valence-corrected chi connectivity index (χ2v) is 4.68. The molecule has 1 aliphatic heterocycles. The van der Waals surface area contributed by atoms with Crippen LogP contribution in [0.3, 0.4) is 0 Å². The van der Waals surface area contributed by atoms with Crippen molar-refractivity contribution in [3.05, 3.63) is 34.4 Å². The van der Waals surface area contributed by atoms with Crippen LogP contribution in [0.25, 0.3) is 0 Å². The molecule has 1 aliphatic rings. The van der Waals surface area contributed by atoms with E-state index < -0.39 is 5.79 Å². The summed E-state index contributed by atoms with van der Waals surface area (Å²) in [7, 11) is 0. The fourth-order valence-electron chi connectivity index (χ4n) is 1.90. The van der Waals surface area contributed by atoms with Gasteiger partial charge in [0.25, 0.3) is 0 Å². The van der Waals surface area contributed by atoms with Gasteiger partial charge in [-0.1, -0.05) is 12.1 Å². The molecular weight excluding hydrogens is 220 g/mol. The molecule has 1 aromatic carbocycles. The van der Waals surface area contributed by atoms with Gasteiger partial charge in [0.2, 0.25) is 0 Å². The predicted molar refractivity (Wildman–Crippen MR) is 61.9 cm³/mol. The van der Waals surface area contributed by atoms with E-state index >= 15 is 0 Å². The molecule has 0 amide bonds. The van der Waals surface area contributed by atoms with Gasteiger partial charge >= 0.3 is 0 Å². The summed E-state index contributed by atoms with van der Waals surface area (Å²) < 4.78 is 11.2. The molecule has 0 fully saturated rings. The summed E-state index contributed by atoms with van der Waals surface area (Å²) in [4.78, 5) is 0. The lowest BCUT2D eigenvalue weighted by atomic mass is 9.99. The third-order valence-corrected chi connectivity index (χ3v) is 3.01. The van der Waals surface area contributed by atoms with Crippen LogP contribution in [0.5, 0.6) is 0 Å². The van der Waals surface area contributed by atoms with Crippen LogP contribution in [-0.2, 0) is 35.9 Å². The van der Waals surface area contributed by atoms with Gasteiger partial charge < -0.3 is 19.7 Å². The van der Waals surface area contributed by atoms with E-state index in [0.29, 0.717) is 13.2 Å². The van der Waals surface area contributed by atoms with Gasteiger partial charge in [0, 0.05) is 0 Å². The lowest BCUT2D eigenvalue weighted by Crippen LogP contribution is -2.25. The first kappa shape index (κ1) is 12.5. The van der Waals surface area contributed by atoms with Crippen LogP contribution in [0.2, 0.25) is 0 Å². The first-order chi connectivity index (χ1) is 8.05. The molecule has 2 N–H and O–H groups in total. The van der Waals surface area contributed by atoms with Crippen molar-refractivity contribution in [2.24, 2.45) is 0 Å². The highest BCUT2D eigenvalue weighted by Gasteiger charge is 2.24. The standard InChI is InChI=1S/C13H18O4/c1-13(2)16-7-11-3-9(5-14)10(6-15)4-12(11)8-17-13/h3-4,14-15H,5-8H2,1-2H3. The van der Waals surface area contributed by atoms with E-state index in [1.807, 2.05) is 26.0 Å². The number of aliphatic hydroxyl groups excluding tert-OH is 2. The minimum Gasteiger partial charge on any atom is -0.392 e. The molecule has 0 saturated heterocycles. The first-order valence-corrected chi connectivity index (χ1v) is 5.69. The zero-order valence-electron chi connectivity index (χ0n) is 10.2. The third-order valence-electron chi connectivity index (χ3n) is 3.01. The highest BCUT2D eigenvalue weighted by molar-refractivity contribution is 5.38. The Bertz CT molecular complexity index is 375. The largest absolute Gasteiger partial charge is 0.392 e. The number of hydrogen-bond acceptors (Lipinski definition) is 4. The van der Waals surface area contributed by atoms with Gasteiger partial charge in [-0.3, -0.25) is 0 Å². The Labute approximate surface area is 101 Å². The van der Waals surface area contributed by atoms with E-state index in [0.717, 1.165) is 22.3 Å². The lowest BCUT2D eigenvalue weighted by molar-refractivity contribution is -0.219. The van der Waals surface area contributed by atoms with Crippen LogP contribution in [0, 0.1) is 0 Å². The summed E-state index contributed by atoms with van der Waals surface area (Å²) in [6.45, 7) is 4.51. The molecule has 1 heterocycles. The van der Waals surface area contributed by atoms with Crippen LogP contribution >= 0.6 is 0 Å². The Morgan fingerprint density at radius 2 is 1.41 bits per heavy atom. The summed E-state index contributed by atoms with van der Waals surface area (Å²) in [5, 5.41) is 18.5. The van der Waals surface area contributed by atoms with E-state index in [1.54, 1.807) is 0 Å². The molecule has 0 atom stereocenters. The monoisotopic (exact) mass is 238 g/mol. The normalized spacial score (nSPS) is 18.6. The number of rotatable bonds is 2. The zero-order chi connectivity index (χ0) is 12.5. The Morgan fingerprint density at radius 3 is 1.76 bits per heavy atom. The fraction of sp³-hybridized carbons (Fsp3) is 0.538. The smallest absolute Gasteiger partial charge is 0.163 e. The van der Waals surface area contributed by atoms with E-state index in [-0.39, 0.29) is 13.2 Å². The molecule has 0 spiro atoms. The molecule has 0 aromatic heterocycles. The minimum atomic E-state index is -0.599. The first-order valence-electron chi connectivity index (χ1n) is 5.69. The number of aliphatic hydroxyl groups is 2. The lowest BCUT2D eigenvalue weighted by Gasteiger charge is -2.22. The molecule has 0 aliphatic carbocycles. The maximum atomic E-state index is 9.24. The Morgan fingerprint density at radius 1 is 1.00 bits per heavy atom. The van der Waals surface area contributed by atoms with Gasteiger partial charge in [-0.25, -0.2) is 0 Å². The van der Waals surface area contributed by atoms with Crippen molar-refractivity contribution in [3.63, 3.8) is 0 Å². The number of hydrogen-bond donors (Lipinski definition) is 2. The van der Waals surface area contributed by atoms with E-state index in [9.17, 15) is 10.2 Å². The van der Waals surface area contributed by atoms with Crippen molar-refractivity contribution in [2.45, 2.75) is 46.1 Å². The van der Waals surface area contributed by atoms with Crippen LogP contribution in [0.4, 0.5) is 0 Å². The van der Waals surface area contributed by atoms with Crippen molar-refractivity contribution in [3.8, 4) is 0 Å². The number of ether oxygens (including phenoxy) is 2. The van der Waals surface area contributed by atoms with Gasteiger partial charge in [-0.2, -0.15) is 0 Å². The predicted octanol–water partition coefficient (Wildman–Crippen LogP) is 1.45. The topological polar surface area (TPSA) is 58.9 Å².